The Labute approximate surface area is 159 Å². The average Bonchev–Trinajstić information content (AvgIpc) is 2.67. The van der Waals surface area contributed by atoms with Gasteiger partial charge in [0, 0.05) is 24.5 Å². The maximum Gasteiger partial charge on any atom is 0.338 e. The van der Waals surface area contributed by atoms with Crippen LogP contribution in [-0.4, -0.2) is 44.8 Å². The van der Waals surface area contributed by atoms with Crippen molar-refractivity contribution in [3.63, 3.8) is 0 Å². The summed E-state index contributed by atoms with van der Waals surface area (Å²) in [6.07, 6.45) is 0. The fourth-order valence-electron chi connectivity index (χ4n) is 3.03. The van der Waals surface area contributed by atoms with Crippen molar-refractivity contribution >= 4 is 23.3 Å². The highest BCUT2D eigenvalue weighted by molar-refractivity contribution is 5.96. The quantitative estimate of drug-likeness (QED) is 0.822. The fourth-order valence-corrected chi connectivity index (χ4v) is 3.03. The molecule has 27 heavy (non-hydrogen) atoms. The van der Waals surface area contributed by atoms with Crippen molar-refractivity contribution in [1.29, 1.82) is 0 Å². The first-order valence-corrected chi connectivity index (χ1v) is 9.00. The van der Waals surface area contributed by atoms with Gasteiger partial charge in [-0.1, -0.05) is 17.7 Å². The zero-order valence-electron chi connectivity index (χ0n) is 15.7. The maximum atomic E-state index is 12.1. The van der Waals surface area contributed by atoms with Crippen LogP contribution in [0.15, 0.2) is 42.5 Å². The number of anilines is 2. The van der Waals surface area contributed by atoms with Gasteiger partial charge in [0.05, 0.1) is 18.8 Å². The first-order valence-electron chi connectivity index (χ1n) is 9.00. The van der Waals surface area contributed by atoms with E-state index in [0.29, 0.717) is 11.3 Å². The van der Waals surface area contributed by atoms with E-state index < -0.39 is 5.97 Å². The molecule has 1 aliphatic rings. The molecule has 0 radical (unpaired) electrons. The SMILES string of the molecule is Cc1ccc(C(=O)OCC(=O)Nc2ccc(N3CCOCC3)cc2)c(C)c1. The molecule has 1 saturated heterocycles. The van der Waals surface area contributed by atoms with Gasteiger partial charge in [-0.05, 0) is 49.7 Å². The summed E-state index contributed by atoms with van der Waals surface area (Å²) in [6, 6.07) is 13.1. The Kier molecular flexibility index (Phi) is 6.08. The Balaban J connectivity index is 1.50. The van der Waals surface area contributed by atoms with E-state index in [1.807, 2.05) is 50.2 Å². The summed E-state index contributed by atoms with van der Waals surface area (Å²) in [5.74, 6) is -0.863. The van der Waals surface area contributed by atoms with Crippen LogP contribution in [0.25, 0.3) is 0 Å². The minimum absolute atomic E-state index is 0.322. The van der Waals surface area contributed by atoms with Crippen LogP contribution >= 0.6 is 0 Å². The van der Waals surface area contributed by atoms with Gasteiger partial charge in [-0.15, -0.1) is 0 Å². The van der Waals surface area contributed by atoms with Crippen LogP contribution < -0.4 is 10.2 Å². The van der Waals surface area contributed by atoms with Crippen molar-refractivity contribution < 1.29 is 19.1 Å². The summed E-state index contributed by atoms with van der Waals surface area (Å²) >= 11 is 0. The minimum atomic E-state index is -0.495. The Hall–Kier alpha value is -2.86. The third kappa shape index (κ3) is 5.08. The van der Waals surface area contributed by atoms with Gasteiger partial charge in [0.25, 0.3) is 5.91 Å². The van der Waals surface area contributed by atoms with E-state index in [4.69, 9.17) is 9.47 Å². The molecule has 0 atom stereocenters. The van der Waals surface area contributed by atoms with Crippen LogP contribution in [0.5, 0.6) is 0 Å². The van der Waals surface area contributed by atoms with Crippen molar-refractivity contribution in [2.45, 2.75) is 13.8 Å². The molecular weight excluding hydrogens is 344 g/mol. The van der Waals surface area contributed by atoms with E-state index in [1.165, 1.54) is 0 Å². The normalized spacial score (nSPS) is 13.9. The van der Waals surface area contributed by atoms with E-state index in [2.05, 4.69) is 10.2 Å². The number of carbonyl (C=O) groups excluding carboxylic acids is 2. The van der Waals surface area contributed by atoms with Crippen molar-refractivity contribution in [1.82, 2.24) is 0 Å². The second-order valence-corrected chi connectivity index (χ2v) is 6.59. The molecule has 2 aromatic carbocycles. The first kappa shape index (κ1) is 18.9. The largest absolute Gasteiger partial charge is 0.452 e. The molecule has 0 unspecified atom stereocenters. The second kappa shape index (κ2) is 8.68. The molecule has 0 spiro atoms. The van der Waals surface area contributed by atoms with Crippen LogP contribution in [0.3, 0.4) is 0 Å². The van der Waals surface area contributed by atoms with Crippen LogP contribution in [0.4, 0.5) is 11.4 Å². The zero-order valence-corrected chi connectivity index (χ0v) is 15.7. The van der Waals surface area contributed by atoms with Gasteiger partial charge in [0.2, 0.25) is 0 Å². The summed E-state index contributed by atoms with van der Waals surface area (Å²) < 4.78 is 10.5. The molecule has 1 aliphatic heterocycles. The van der Waals surface area contributed by atoms with Gasteiger partial charge in [0.15, 0.2) is 6.61 Å². The fraction of sp³-hybridized carbons (Fsp3) is 0.333. The third-order valence-corrected chi connectivity index (χ3v) is 4.46. The lowest BCUT2D eigenvalue weighted by Crippen LogP contribution is -2.36. The van der Waals surface area contributed by atoms with Gasteiger partial charge >= 0.3 is 5.97 Å². The Morgan fingerprint density at radius 2 is 1.78 bits per heavy atom. The van der Waals surface area contributed by atoms with Crippen LogP contribution in [-0.2, 0) is 14.3 Å². The molecule has 6 nitrogen and oxygen atoms in total. The monoisotopic (exact) mass is 368 g/mol. The van der Waals surface area contributed by atoms with E-state index in [1.54, 1.807) is 6.07 Å². The van der Waals surface area contributed by atoms with E-state index >= 15 is 0 Å². The van der Waals surface area contributed by atoms with E-state index in [-0.39, 0.29) is 12.5 Å². The highest BCUT2D eigenvalue weighted by Gasteiger charge is 2.14. The molecule has 3 rings (SSSR count). The summed E-state index contributed by atoms with van der Waals surface area (Å²) in [4.78, 5) is 26.4. The average molecular weight is 368 g/mol. The van der Waals surface area contributed by atoms with Crippen molar-refractivity contribution in [3.05, 3.63) is 59.2 Å². The van der Waals surface area contributed by atoms with Gasteiger partial charge in [0.1, 0.15) is 0 Å². The molecule has 2 aromatic rings. The number of rotatable bonds is 5. The highest BCUT2D eigenvalue weighted by Crippen LogP contribution is 2.19. The second-order valence-electron chi connectivity index (χ2n) is 6.59. The lowest BCUT2D eigenvalue weighted by molar-refractivity contribution is -0.119. The van der Waals surface area contributed by atoms with E-state index in [9.17, 15) is 9.59 Å². The number of hydrogen-bond donors (Lipinski definition) is 1. The van der Waals surface area contributed by atoms with Gasteiger partial charge in [-0.25, -0.2) is 4.79 Å². The van der Waals surface area contributed by atoms with Crippen molar-refractivity contribution in [2.75, 3.05) is 43.1 Å². The molecule has 0 aliphatic carbocycles. The lowest BCUT2D eigenvalue weighted by Gasteiger charge is -2.28. The molecular formula is C21H24N2O4. The smallest absolute Gasteiger partial charge is 0.338 e. The standard InChI is InChI=1S/C21H24N2O4/c1-15-3-8-19(16(2)13-15)21(25)27-14-20(24)22-17-4-6-18(7-5-17)23-9-11-26-12-10-23/h3-8,13H,9-12,14H2,1-2H3,(H,22,24). The molecule has 1 heterocycles. The topological polar surface area (TPSA) is 67.9 Å². The molecule has 142 valence electrons. The Bertz CT molecular complexity index is 811. The van der Waals surface area contributed by atoms with Crippen LogP contribution in [0.1, 0.15) is 21.5 Å². The predicted octanol–water partition coefficient (Wildman–Crippen LogP) is 2.94. The summed E-state index contributed by atoms with van der Waals surface area (Å²) in [6.45, 7) is 6.66. The van der Waals surface area contributed by atoms with Crippen molar-refractivity contribution in [2.24, 2.45) is 0 Å². The molecule has 1 fully saturated rings. The summed E-state index contributed by atoms with van der Waals surface area (Å²) in [5.41, 5.74) is 4.14. The number of morpholine rings is 1. The molecule has 1 N–H and O–H groups in total. The Morgan fingerprint density at radius 3 is 2.44 bits per heavy atom. The third-order valence-electron chi connectivity index (χ3n) is 4.46. The maximum absolute atomic E-state index is 12.1. The van der Waals surface area contributed by atoms with E-state index in [0.717, 1.165) is 43.1 Å². The molecule has 0 saturated carbocycles. The number of nitrogens with zero attached hydrogens (tertiary/aromatic N) is 1. The van der Waals surface area contributed by atoms with Crippen LogP contribution in [0.2, 0.25) is 0 Å². The highest BCUT2D eigenvalue weighted by atomic mass is 16.5. The summed E-state index contributed by atoms with van der Waals surface area (Å²) in [5, 5.41) is 2.74. The van der Waals surface area contributed by atoms with Gasteiger partial charge in [-0.2, -0.15) is 0 Å². The minimum Gasteiger partial charge on any atom is -0.452 e. The summed E-state index contributed by atoms with van der Waals surface area (Å²) in [7, 11) is 0. The number of carbonyl (C=O) groups is 2. The number of amides is 1. The number of esters is 1. The molecule has 1 amide bonds. The number of aryl methyl sites for hydroxylation is 2. The molecule has 0 aromatic heterocycles. The lowest BCUT2D eigenvalue weighted by atomic mass is 10.1. The number of ether oxygens (including phenoxy) is 2. The van der Waals surface area contributed by atoms with Crippen LogP contribution in [0, 0.1) is 13.8 Å². The van der Waals surface area contributed by atoms with Crippen molar-refractivity contribution in [3.8, 4) is 0 Å². The number of hydrogen-bond acceptors (Lipinski definition) is 5. The molecule has 0 bridgehead atoms. The number of benzene rings is 2. The molecule has 6 heteroatoms. The Morgan fingerprint density at radius 1 is 1.07 bits per heavy atom. The zero-order chi connectivity index (χ0) is 19.2. The number of nitrogens with one attached hydrogen (secondary N) is 1. The predicted molar refractivity (Wildman–Crippen MR) is 104 cm³/mol. The van der Waals surface area contributed by atoms with Gasteiger partial charge in [-0.3, -0.25) is 4.79 Å². The first-order chi connectivity index (χ1) is 13.0. The van der Waals surface area contributed by atoms with Gasteiger partial charge < -0.3 is 19.7 Å².